The molecule has 2 aromatic carbocycles. The number of hydrogen-bond donors (Lipinski definition) is 2. The van der Waals surface area contributed by atoms with Crippen LogP contribution in [0.25, 0.3) is 0 Å². The van der Waals surface area contributed by atoms with Crippen LogP contribution < -0.4 is 10.5 Å². The van der Waals surface area contributed by atoms with Gasteiger partial charge in [-0.25, -0.2) is 8.78 Å². The molecule has 0 unspecified atom stereocenters. The van der Waals surface area contributed by atoms with E-state index in [2.05, 4.69) is 0 Å². The van der Waals surface area contributed by atoms with Crippen molar-refractivity contribution in [2.75, 3.05) is 0 Å². The standard InChI is InChI=1S/C14H12F2N2O/c15-10-5-6-12(16)9(7-10)8-19-13-4-2-1-3-11(13)14(17)18/h1-7H,8H2,(H3,17,18). The Kier molecular flexibility index (Phi) is 3.75. The van der Waals surface area contributed by atoms with Crippen LogP contribution in [0.4, 0.5) is 8.78 Å². The third kappa shape index (κ3) is 3.07. The first-order chi connectivity index (χ1) is 9.08. The quantitative estimate of drug-likeness (QED) is 0.657. The van der Waals surface area contributed by atoms with E-state index in [0.717, 1.165) is 18.2 Å². The number of rotatable bonds is 4. The normalized spacial score (nSPS) is 10.2. The Hall–Kier alpha value is -2.43. The van der Waals surface area contributed by atoms with Crippen LogP contribution in [0.3, 0.4) is 0 Å². The number of nitrogens with two attached hydrogens (primary N) is 1. The summed E-state index contributed by atoms with van der Waals surface area (Å²) in [7, 11) is 0. The van der Waals surface area contributed by atoms with E-state index in [1.54, 1.807) is 24.3 Å². The van der Waals surface area contributed by atoms with Crippen molar-refractivity contribution < 1.29 is 13.5 Å². The third-order valence-electron chi connectivity index (χ3n) is 2.57. The summed E-state index contributed by atoms with van der Waals surface area (Å²) in [6.45, 7) is -0.131. The lowest BCUT2D eigenvalue weighted by molar-refractivity contribution is 0.298. The molecule has 98 valence electrons. The molecule has 0 aromatic heterocycles. The molecule has 3 N–H and O–H groups in total. The minimum atomic E-state index is -0.540. The van der Waals surface area contributed by atoms with E-state index in [9.17, 15) is 8.78 Å². The maximum Gasteiger partial charge on any atom is 0.130 e. The van der Waals surface area contributed by atoms with Crippen LogP contribution in [0.2, 0.25) is 0 Å². The number of nitrogens with one attached hydrogen (secondary N) is 1. The van der Waals surface area contributed by atoms with Gasteiger partial charge in [-0.1, -0.05) is 12.1 Å². The summed E-state index contributed by atoms with van der Waals surface area (Å²) < 4.78 is 31.8. The van der Waals surface area contributed by atoms with Gasteiger partial charge in [-0.3, -0.25) is 5.41 Å². The van der Waals surface area contributed by atoms with Crippen LogP contribution in [-0.2, 0) is 6.61 Å². The van der Waals surface area contributed by atoms with Crippen LogP contribution in [0.1, 0.15) is 11.1 Å². The maximum atomic E-state index is 13.4. The molecule has 0 aliphatic carbocycles. The molecule has 0 fully saturated rings. The molecule has 0 heterocycles. The number of ether oxygens (including phenoxy) is 1. The van der Waals surface area contributed by atoms with Crippen molar-refractivity contribution in [1.82, 2.24) is 0 Å². The summed E-state index contributed by atoms with van der Waals surface area (Å²) in [6.07, 6.45) is 0. The van der Waals surface area contributed by atoms with E-state index in [1.807, 2.05) is 0 Å². The molecule has 0 spiro atoms. The average molecular weight is 262 g/mol. The Morgan fingerprint density at radius 3 is 2.63 bits per heavy atom. The van der Waals surface area contributed by atoms with Gasteiger partial charge in [0.2, 0.25) is 0 Å². The van der Waals surface area contributed by atoms with Crippen LogP contribution in [0.5, 0.6) is 5.75 Å². The first-order valence-corrected chi connectivity index (χ1v) is 5.58. The highest BCUT2D eigenvalue weighted by atomic mass is 19.1. The predicted octanol–water partition coefficient (Wildman–Crippen LogP) is 2.83. The second-order valence-corrected chi connectivity index (χ2v) is 3.93. The van der Waals surface area contributed by atoms with Crippen molar-refractivity contribution in [2.24, 2.45) is 5.73 Å². The summed E-state index contributed by atoms with van der Waals surface area (Å²) in [5.41, 5.74) is 5.93. The largest absolute Gasteiger partial charge is 0.488 e. The van der Waals surface area contributed by atoms with E-state index >= 15 is 0 Å². The smallest absolute Gasteiger partial charge is 0.130 e. The number of halogens is 2. The van der Waals surface area contributed by atoms with E-state index in [4.69, 9.17) is 15.9 Å². The zero-order valence-corrected chi connectivity index (χ0v) is 9.99. The molecule has 0 aliphatic rings. The second-order valence-electron chi connectivity index (χ2n) is 3.93. The van der Waals surface area contributed by atoms with Gasteiger partial charge < -0.3 is 10.5 Å². The summed E-state index contributed by atoms with van der Waals surface area (Å²) in [5.74, 6) is -0.851. The lowest BCUT2D eigenvalue weighted by Gasteiger charge is -2.11. The van der Waals surface area contributed by atoms with Gasteiger partial charge in [-0.2, -0.15) is 0 Å². The number of hydrogen-bond acceptors (Lipinski definition) is 2. The van der Waals surface area contributed by atoms with E-state index in [-0.39, 0.29) is 18.0 Å². The Morgan fingerprint density at radius 1 is 1.16 bits per heavy atom. The minimum Gasteiger partial charge on any atom is -0.488 e. The molecule has 0 bridgehead atoms. The molecule has 2 aromatic rings. The molecule has 0 radical (unpaired) electrons. The van der Waals surface area contributed by atoms with Gasteiger partial charge in [0.15, 0.2) is 0 Å². The number of benzene rings is 2. The molecule has 19 heavy (non-hydrogen) atoms. The molecule has 0 atom stereocenters. The first kappa shape index (κ1) is 13.0. The fraction of sp³-hybridized carbons (Fsp3) is 0.0714. The molecule has 0 saturated carbocycles. The molecule has 2 rings (SSSR count). The highest BCUT2D eigenvalue weighted by Gasteiger charge is 2.08. The first-order valence-electron chi connectivity index (χ1n) is 5.58. The predicted molar refractivity (Wildman–Crippen MR) is 68.1 cm³/mol. The topological polar surface area (TPSA) is 59.1 Å². The Bertz CT molecular complexity index is 614. The van der Waals surface area contributed by atoms with Gasteiger partial charge in [0.1, 0.15) is 29.8 Å². The van der Waals surface area contributed by atoms with Gasteiger partial charge in [0.05, 0.1) is 5.56 Å². The zero-order chi connectivity index (χ0) is 13.8. The van der Waals surface area contributed by atoms with Crippen molar-refractivity contribution in [3.63, 3.8) is 0 Å². The van der Waals surface area contributed by atoms with Crippen molar-refractivity contribution in [3.8, 4) is 5.75 Å². The maximum absolute atomic E-state index is 13.4. The van der Waals surface area contributed by atoms with E-state index in [0.29, 0.717) is 11.3 Å². The highest BCUT2D eigenvalue weighted by molar-refractivity contribution is 5.97. The fourth-order valence-corrected chi connectivity index (χ4v) is 1.62. The number of nitrogen functional groups attached to an aromatic ring is 1. The van der Waals surface area contributed by atoms with Gasteiger partial charge >= 0.3 is 0 Å². The molecule has 0 aliphatic heterocycles. The fourth-order valence-electron chi connectivity index (χ4n) is 1.62. The monoisotopic (exact) mass is 262 g/mol. The molecule has 3 nitrogen and oxygen atoms in total. The number of para-hydroxylation sites is 1. The van der Waals surface area contributed by atoms with Crippen LogP contribution >= 0.6 is 0 Å². The van der Waals surface area contributed by atoms with Gasteiger partial charge in [-0.15, -0.1) is 0 Å². The average Bonchev–Trinajstić information content (AvgIpc) is 2.40. The second kappa shape index (κ2) is 5.48. The van der Waals surface area contributed by atoms with Crippen molar-refractivity contribution >= 4 is 5.84 Å². The van der Waals surface area contributed by atoms with Crippen molar-refractivity contribution in [2.45, 2.75) is 6.61 Å². The summed E-state index contributed by atoms with van der Waals surface area (Å²) in [6, 6.07) is 9.84. The zero-order valence-electron chi connectivity index (χ0n) is 9.99. The molecular weight excluding hydrogens is 250 g/mol. The van der Waals surface area contributed by atoms with Gasteiger partial charge in [-0.05, 0) is 30.3 Å². The van der Waals surface area contributed by atoms with Crippen LogP contribution in [0, 0.1) is 17.0 Å². The summed E-state index contributed by atoms with van der Waals surface area (Å²) in [4.78, 5) is 0. The summed E-state index contributed by atoms with van der Waals surface area (Å²) >= 11 is 0. The number of amidine groups is 1. The van der Waals surface area contributed by atoms with E-state index < -0.39 is 11.6 Å². The van der Waals surface area contributed by atoms with Gasteiger partial charge in [0, 0.05) is 5.56 Å². The molecule has 5 heteroatoms. The minimum absolute atomic E-state index is 0.110. The summed E-state index contributed by atoms with van der Waals surface area (Å²) in [5, 5.41) is 7.40. The SMILES string of the molecule is N=C(N)c1ccccc1OCc1cc(F)ccc1F. The molecule has 0 saturated heterocycles. The van der Waals surface area contributed by atoms with Crippen LogP contribution in [0.15, 0.2) is 42.5 Å². The van der Waals surface area contributed by atoms with Crippen molar-refractivity contribution in [3.05, 3.63) is 65.2 Å². The lowest BCUT2D eigenvalue weighted by Crippen LogP contribution is -2.13. The van der Waals surface area contributed by atoms with Crippen molar-refractivity contribution in [1.29, 1.82) is 5.41 Å². The van der Waals surface area contributed by atoms with Gasteiger partial charge in [0.25, 0.3) is 0 Å². The molecular formula is C14H12F2N2O. The Morgan fingerprint density at radius 2 is 1.89 bits per heavy atom. The highest BCUT2D eigenvalue weighted by Crippen LogP contribution is 2.19. The van der Waals surface area contributed by atoms with Crippen LogP contribution in [-0.4, -0.2) is 5.84 Å². The third-order valence-corrected chi connectivity index (χ3v) is 2.57. The molecule has 0 amide bonds. The Labute approximate surface area is 109 Å². The van der Waals surface area contributed by atoms with E-state index in [1.165, 1.54) is 0 Å². The lowest BCUT2D eigenvalue weighted by atomic mass is 10.2. The Balaban J connectivity index is 2.19.